The van der Waals surface area contributed by atoms with Gasteiger partial charge in [-0.15, -0.1) is 12.4 Å². The number of halogens is 1. The summed E-state index contributed by atoms with van der Waals surface area (Å²) >= 11 is 0. The first kappa shape index (κ1) is 8.26. The molecule has 0 heterocycles. The van der Waals surface area contributed by atoms with Gasteiger partial charge in [-0.25, -0.2) is 0 Å². The van der Waals surface area contributed by atoms with Crippen LogP contribution < -0.4 is 0 Å². The molecule has 2 nitrogen and oxygen atoms in total. The quantitative estimate of drug-likeness (QED) is 0.745. The van der Waals surface area contributed by atoms with Crippen LogP contribution in [0.4, 0.5) is 0 Å². The summed E-state index contributed by atoms with van der Waals surface area (Å²) in [6.07, 6.45) is 0. The predicted molar refractivity (Wildman–Crippen MR) is 70.4 cm³/mol. The van der Waals surface area contributed by atoms with Gasteiger partial charge in [0.25, 0.3) is 0 Å². The van der Waals surface area contributed by atoms with E-state index in [-0.39, 0.29) is 18.0 Å². The van der Waals surface area contributed by atoms with Crippen LogP contribution in [0.25, 0.3) is 0 Å². The van der Waals surface area contributed by atoms with Crippen molar-refractivity contribution in [3.63, 3.8) is 0 Å². The lowest BCUT2D eigenvalue weighted by Gasteiger charge is -2.25. The first-order valence-electron chi connectivity index (χ1n) is 7.63. The predicted octanol–water partition coefficient (Wildman–Crippen LogP) is 3.02. The number of likely N-dealkylation sites (N-methyl/N-ethyl adjacent to an activating group) is 1. The van der Waals surface area contributed by atoms with E-state index < -0.39 is 42.0 Å². The summed E-state index contributed by atoms with van der Waals surface area (Å²) in [6, 6.07) is -2.80. The SMILES string of the molecule is Cl.[2H]c1c([2H])c([2H])c(C(=O)C(C)N(CC)CC)c([2H])c1[2H]. The Morgan fingerprint density at radius 2 is 1.81 bits per heavy atom. The molecule has 0 aliphatic heterocycles. The number of ketones is 1. The molecule has 1 unspecified atom stereocenters. The summed E-state index contributed by atoms with van der Waals surface area (Å²) in [4.78, 5) is 14.3. The zero-order valence-corrected chi connectivity index (χ0v) is 10.6. The summed E-state index contributed by atoms with van der Waals surface area (Å²) < 4.78 is 38.3. The smallest absolute Gasteiger partial charge is 0.179 e. The maximum Gasteiger partial charge on any atom is 0.179 e. The maximum atomic E-state index is 12.5. The molecular weight excluding hydrogens is 222 g/mol. The molecule has 0 radical (unpaired) electrons. The van der Waals surface area contributed by atoms with Crippen LogP contribution in [0.15, 0.2) is 30.2 Å². The van der Waals surface area contributed by atoms with Crippen molar-refractivity contribution in [2.24, 2.45) is 0 Å². The molecule has 1 aromatic rings. The molecule has 0 bridgehead atoms. The number of carbonyl (C=O) groups is 1. The van der Waals surface area contributed by atoms with Gasteiger partial charge in [-0.1, -0.05) is 44.1 Å². The van der Waals surface area contributed by atoms with Crippen molar-refractivity contribution < 1.29 is 11.6 Å². The molecule has 3 heteroatoms. The Kier molecular flexibility index (Phi) is 3.83. The number of carbonyl (C=O) groups excluding carboxylic acids is 1. The molecule has 0 fully saturated rings. The summed E-state index contributed by atoms with van der Waals surface area (Å²) in [5.74, 6) is -0.439. The van der Waals surface area contributed by atoms with Gasteiger partial charge < -0.3 is 0 Å². The molecule has 0 aliphatic rings. The zero-order chi connectivity index (χ0) is 15.6. The van der Waals surface area contributed by atoms with E-state index in [0.29, 0.717) is 13.1 Å². The lowest BCUT2D eigenvalue weighted by Crippen LogP contribution is -2.38. The highest BCUT2D eigenvalue weighted by Gasteiger charge is 2.19. The Morgan fingerprint density at radius 1 is 1.31 bits per heavy atom. The second-order valence-electron chi connectivity index (χ2n) is 3.26. The lowest BCUT2D eigenvalue weighted by molar-refractivity contribution is 0.0851. The third-order valence-electron chi connectivity index (χ3n) is 2.49. The molecule has 0 saturated heterocycles. The van der Waals surface area contributed by atoms with Gasteiger partial charge in [0.05, 0.1) is 12.9 Å². The second-order valence-corrected chi connectivity index (χ2v) is 3.26. The molecule has 1 aromatic carbocycles. The number of hydrogen-bond donors (Lipinski definition) is 0. The van der Waals surface area contributed by atoms with E-state index in [2.05, 4.69) is 0 Å². The number of rotatable bonds is 5. The first-order chi connectivity index (χ1) is 9.27. The fraction of sp³-hybridized carbons (Fsp3) is 0.462. The molecule has 0 spiro atoms. The number of nitrogens with zero attached hydrogens (tertiary/aromatic N) is 1. The van der Waals surface area contributed by atoms with Crippen molar-refractivity contribution >= 4 is 18.2 Å². The van der Waals surface area contributed by atoms with Crippen molar-refractivity contribution in [2.75, 3.05) is 13.1 Å². The maximum absolute atomic E-state index is 12.5. The zero-order valence-electron chi connectivity index (χ0n) is 14.8. The first-order valence-corrected chi connectivity index (χ1v) is 5.13. The minimum atomic E-state index is -0.520. The van der Waals surface area contributed by atoms with Gasteiger partial charge in [0.2, 0.25) is 0 Å². The van der Waals surface area contributed by atoms with Crippen molar-refractivity contribution in [1.29, 1.82) is 0 Å². The molecular formula is C13H20ClNO. The van der Waals surface area contributed by atoms with Gasteiger partial charge in [-0.3, -0.25) is 9.69 Å². The van der Waals surface area contributed by atoms with Gasteiger partial charge in [-0.2, -0.15) is 0 Å². The van der Waals surface area contributed by atoms with Crippen LogP contribution in [0.5, 0.6) is 0 Å². The molecule has 0 aliphatic carbocycles. The third-order valence-corrected chi connectivity index (χ3v) is 2.49. The molecule has 0 N–H and O–H groups in total. The Hall–Kier alpha value is -0.860. The summed E-state index contributed by atoms with van der Waals surface area (Å²) in [5, 5.41) is 0. The minimum Gasteiger partial charge on any atom is -0.294 e. The van der Waals surface area contributed by atoms with Crippen LogP contribution in [-0.4, -0.2) is 29.8 Å². The average molecular weight is 247 g/mol. The van der Waals surface area contributed by atoms with Crippen LogP contribution in [0.3, 0.4) is 0 Å². The molecule has 0 amide bonds. The lowest BCUT2D eigenvalue weighted by atomic mass is 10.0. The highest BCUT2D eigenvalue weighted by molar-refractivity contribution is 5.99. The van der Waals surface area contributed by atoms with E-state index >= 15 is 0 Å². The number of Topliss-reactive ketones (excluding diaryl/α,β-unsaturated/α-hetero) is 1. The number of benzene rings is 1. The van der Waals surface area contributed by atoms with Crippen molar-refractivity contribution in [1.82, 2.24) is 4.90 Å². The largest absolute Gasteiger partial charge is 0.294 e. The Bertz CT molecular complexity index is 505. The fourth-order valence-electron chi connectivity index (χ4n) is 1.52. The highest BCUT2D eigenvalue weighted by Crippen LogP contribution is 2.08. The van der Waals surface area contributed by atoms with Gasteiger partial charge in [0, 0.05) is 5.56 Å². The van der Waals surface area contributed by atoms with Crippen LogP contribution in [0, 0.1) is 0 Å². The van der Waals surface area contributed by atoms with E-state index in [4.69, 9.17) is 6.85 Å². The Labute approximate surface area is 111 Å². The standard InChI is InChI=1S/C13H19NO.ClH/c1-4-14(5-2)11(3)13(15)12-9-7-6-8-10-12;/h6-11H,4-5H2,1-3H3;1H/i6D,7D,8D,9D,10D;. The summed E-state index contributed by atoms with van der Waals surface area (Å²) in [7, 11) is 0. The minimum absolute atomic E-state index is 0. The van der Waals surface area contributed by atoms with Crippen LogP contribution in [0.1, 0.15) is 38.0 Å². The Balaban J connectivity index is 0.00000400. The van der Waals surface area contributed by atoms with Gasteiger partial charge in [0.15, 0.2) is 5.78 Å². The molecule has 0 saturated carbocycles. The molecule has 1 atom stereocenters. The summed E-state index contributed by atoms with van der Waals surface area (Å²) in [6.45, 7) is 6.82. The van der Waals surface area contributed by atoms with E-state index in [1.807, 2.05) is 18.7 Å². The topological polar surface area (TPSA) is 20.3 Å². The van der Waals surface area contributed by atoms with Crippen molar-refractivity contribution in [2.45, 2.75) is 26.8 Å². The Morgan fingerprint density at radius 3 is 2.25 bits per heavy atom. The van der Waals surface area contributed by atoms with Gasteiger partial charge in [0.1, 0.15) is 0 Å². The van der Waals surface area contributed by atoms with Crippen molar-refractivity contribution in [3.8, 4) is 0 Å². The van der Waals surface area contributed by atoms with Gasteiger partial charge in [-0.05, 0) is 20.0 Å². The monoisotopic (exact) mass is 246 g/mol. The third kappa shape index (κ3) is 3.62. The van der Waals surface area contributed by atoms with Crippen LogP contribution >= 0.6 is 12.4 Å². The van der Waals surface area contributed by atoms with E-state index in [9.17, 15) is 4.79 Å². The molecule has 0 aromatic heterocycles. The summed E-state index contributed by atoms with van der Waals surface area (Å²) in [5.41, 5.74) is -0.226. The van der Waals surface area contributed by atoms with Gasteiger partial charge >= 0.3 is 0 Å². The number of hydrogen-bond acceptors (Lipinski definition) is 2. The van der Waals surface area contributed by atoms with Crippen LogP contribution in [0.2, 0.25) is 0 Å². The van der Waals surface area contributed by atoms with Crippen LogP contribution in [-0.2, 0) is 0 Å². The highest BCUT2D eigenvalue weighted by atomic mass is 35.5. The normalized spacial score (nSPS) is 16.4. The molecule has 1 rings (SSSR count). The van der Waals surface area contributed by atoms with Crippen molar-refractivity contribution in [3.05, 3.63) is 35.8 Å². The van der Waals surface area contributed by atoms with E-state index in [0.717, 1.165) is 0 Å². The van der Waals surface area contributed by atoms with E-state index in [1.54, 1.807) is 6.92 Å². The average Bonchev–Trinajstić information content (AvgIpc) is 2.44. The molecule has 90 valence electrons. The second kappa shape index (κ2) is 7.42. The van der Waals surface area contributed by atoms with E-state index in [1.165, 1.54) is 0 Å². The molecule has 16 heavy (non-hydrogen) atoms. The fourth-order valence-corrected chi connectivity index (χ4v) is 1.52.